The molecule has 24 heavy (non-hydrogen) atoms. The van der Waals surface area contributed by atoms with Gasteiger partial charge in [-0.25, -0.2) is 13.1 Å². The molecule has 0 saturated heterocycles. The topological polar surface area (TPSA) is 92.3 Å². The van der Waals surface area contributed by atoms with Crippen molar-refractivity contribution in [3.05, 3.63) is 59.7 Å². The predicted octanol–water partition coefficient (Wildman–Crippen LogP) is 2.44. The fraction of sp³-hybridized carbons (Fsp3) is 0.176. The van der Waals surface area contributed by atoms with Crippen LogP contribution in [-0.2, 0) is 10.0 Å². The van der Waals surface area contributed by atoms with E-state index in [4.69, 9.17) is 0 Å². The number of benzene rings is 2. The van der Waals surface area contributed by atoms with Gasteiger partial charge in [0.05, 0.1) is 4.90 Å². The van der Waals surface area contributed by atoms with Gasteiger partial charge < -0.3 is 5.32 Å². The van der Waals surface area contributed by atoms with E-state index in [1.54, 1.807) is 31.2 Å². The normalized spacial score (nSPS) is 11.1. The second-order valence-electron chi connectivity index (χ2n) is 5.11. The standard InChI is InChI=1S/C17H18N2O4S/c1-3-18-24(22,23)16-10-6-14(7-11-16)17(21)19-15-8-4-13(5-9-15)12(2)20/h4-11,18H,3H2,1-2H3,(H,19,21). The van der Waals surface area contributed by atoms with Crippen LogP contribution in [0, 0.1) is 0 Å². The van der Waals surface area contributed by atoms with Crippen molar-refractivity contribution >= 4 is 27.4 Å². The first-order valence-corrected chi connectivity index (χ1v) is 8.84. The van der Waals surface area contributed by atoms with Gasteiger partial charge in [0, 0.05) is 23.4 Å². The summed E-state index contributed by atoms with van der Waals surface area (Å²) >= 11 is 0. The second-order valence-corrected chi connectivity index (χ2v) is 6.88. The molecule has 6 nitrogen and oxygen atoms in total. The maximum atomic E-state index is 12.2. The zero-order valence-electron chi connectivity index (χ0n) is 13.4. The monoisotopic (exact) mass is 346 g/mol. The molecule has 2 aromatic rings. The largest absolute Gasteiger partial charge is 0.322 e. The first-order valence-electron chi connectivity index (χ1n) is 7.35. The number of rotatable bonds is 6. The molecule has 0 heterocycles. The number of carbonyl (C=O) groups excluding carboxylic acids is 2. The van der Waals surface area contributed by atoms with E-state index in [-0.39, 0.29) is 16.6 Å². The smallest absolute Gasteiger partial charge is 0.255 e. The van der Waals surface area contributed by atoms with Gasteiger partial charge in [-0.15, -0.1) is 0 Å². The Bertz CT molecular complexity index is 841. The van der Waals surface area contributed by atoms with Crippen LogP contribution in [0.5, 0.6) is 0 Å². The Kier molecular flexibility index (Phi) is 5.48. The molecule has 0 saturated carbocycles. The van der Waals surface area contributed by atoms with E-state index in [0.717, 1.165) is 0 Å². The molecular weight excluding hydrogens is 328 g/mol. The van der Waals surface area contributed by atoms with Crippen LogP contribution in [0.3, 0.4) is 0 Å². The second kappa shape index (κ2) is 7.37. The lowest BCUT2D eigenvalue weighted by Gasteiger charge is -2.08. The fourth-order valence-electron chi connectivity index (χ4n) is 2.05. The van der Waals surface area contributed by atoms with Crippen LogP contribution in [0.25, 0.3) is 0 Å². The lowest BCUT2D eigenvalue weighted by molar-refractivity contribution is 0.101. The fourth-order valence-corrected chi connectivity index (χ4v) is 3.09. The molecule has 0 aliphatic rings. The van der Waals surface area contributed by atoms with Crippen LogP contribution in [0.2, 0.25) is 0 Å². The Hall–Kier alpha value is -2.51. The quantitative estimate of drug-likeness (QED) is 0.786. The van der Waals surface area contributed by atoms with E-state index >= 15 is 0 Å². The molecule has 0 aromatic heterocycles. The molecule has 0 radical (unpaired) electrons. The van der Waals surface area contributed by atoms with Crippen molar-refractivity contribution in [3.8, 4) is 0 Å². The Morgan fingerprint density at radius 1 is 0.917 bits per heavy atom. The van der Waals surface area contributed by atoms with E-state index in [9.17, 15) is 18.0 Å². The van der Waals surface area contributed by atoms with E-state index < -0.39 is 10.0 Å². The number of carbonyl (C=O) groups is 2. The van der Waals surface area contributed by atoms with Gasteiger partial charge in [0.25, 0.3) is 5.91 Å². The highest BCUT2D eigenvalue weighted by atomic mass is 32.2. The Balaban J connectivity index is 2.11. The summed E-state index contributed by atoms with van der Waals surface area (Å²) in [5.41, 5.74) is 1.45. The predicted molar refractivity (Wildman–Crippen MR) is 91.7 cm³/mol. The van der Waals surface area contributed by atoms with Gasteiger partial charge >= 0.3 is 0 Å². The van der Waals surface area contributed by atoms with Crippen molar-refractivity contribution in [2.24, 2.45) is 0 Å². The van der Waals surface area contributed by atoms with Crippen molar-refractivity contribution in [3.63, 3.8) is 0 Å². The first-order chi connectivity index (χ1) is 11.3. The van der Waals surface area contributed by atoms with Crippen molar-refractivity contribution in [2.45, 2.75) is 18.7 Å². The molecule has 0 aliphatic heterocycles. The molecule has 0 fully saturated rings. The molecule has 0 atom stereocenters. The van der Waals surface area contributed by atoms with Gasteiger partial charge in [-0.3, -0.25) is 9.59 Å². The number of Topliss-reactive ketones (excluding diaryl/α,β-unsaturated/α-hetero) is 1. The number of anilines is 1. The Morgan fingerprint density at radius 3 is 1.96 bits per heavy atom. The van der Waals surface area contributed by atoms with E-state index in [2.05, 4.69) is 10.0 Å². The summed E-state index contributed by atoms with van der Waals surface area (Å²) in [5.74, 6) is -0.414. The third kappa shape index (κ3) is 4.27. The van der Waals surface area contributed by atoms with Crippen LogP contribution in [0.15, 0.2) is 53.4 Å². The third-order valence-corrected chi connectivity index (χ3v) is 4.87. The summed E-state index contributed by atoms with van der Waals surface area (Å²) < 4.78 is 26.1. The van der Waals surface area contributed by atoms with Crippen molar-refractivity contribution in [1.82, 2.24) is 4.72 Å². The zero-order valence-corrected chi connectivity index (χ0v) is 14.2. The number of sulfonamides is 1. The van der Waals surface area contributed by atoms with E-state index in [0.29, 0.717) is 23.4 Å². The summed E-state index contributed by atoms with van der Waals surface area (Å²) in [6, 6.07) is 12.2. The summed E-state index contributed by atoms with van der Waals surface area (Å²) in [7, 11) is -3.54. The van der Waals surface area contributed by atoms with Crippen LogP contribution in [0.1, 0.15) is 34.6 Å². The number of hydrogen-bond donors (Lipinski definition) is 2. The van der Waals surface area contributed by atoms with Crippen LogP contribution in [-0.4, -0.2) is 26.7 Å². The zero-order chi connectivity index (χ0) is 17.7. The van der Waals surface area contributed by atoms with E-state index in [1.165, 1.54) is 31.2 Å². The molecular formula is C17H18N2O4S. The molecule has 0 bridgehead atoms. The molecule has 1 amide bonds. The SMILES string of the molecule is CCNS(=O)(=O)c1ccc(C(=O)Nc2ccc(C(C)=O)cc2)cc1. The number of ketones is 1. The molecule has 0 spiro atoms. The first kappa shape index (κ1) is 17.8. The highest BCUT2D eigenvalue weighted by molar-refractivity contribution is 7.89. The third-order valence-electron chi connectivity index (χ3n) is 3.31. The molecule has 2 aromatic carbocycles. The summed E-state index contributed by atoms with van der Waals surface area (Å²) in [5, 5.41) is 2.69. The Labute approximate surface area is 140 Å². The summed E-state index contributed by atoms with van der Waals surface area (Å²) in [4.78, 5) is 23.5. The maximum Gasteiger partial charge on any atom is 0.255 e. The average molecular weight is 346 g/mol. The van der Waals surface area contributed by atoms with Crippen molar-refractivity contribution < 1.29 is 18.0 Å². The summed E-state index contributed by atoms with van der Waals surface area (Å²) in [6.45, 7) is 3.45. The van der Waals surface area contributed by atoms with Crippen LogP contribution >= 0.6 is 0 Å². The van der Waals surface area contributed by atoms with Gasteiger partial charge in [0.1, 0.15) is 0 Å². The van der Waals surface area contributed by atoms with Gasteiger partial charge in [-0.2, -0.15) is 0 Å². The number of amides is 1. The number of nitrogens with one attached hydrogen (secondary N) is 2. The van der Waals surface area contributed by atoms with Gasteiger partial charge in [-0.05, 0) is 55.5 Å². The lowest BCUT2D eigenvalue weighted by Crippen LogP contribution is -2.23. The maximum absolute atomic E-state index is 12.2. The molecule has 2 N–H and O–H groups in total. The van der Waals surface area contributed by atoms with Crippen LogP contribution < -0.4 is 10.0 Å². The van der Waals surface area contributed by atoms with Gasteiger partial charge in [-0.1, -0.05) is 6.92 Å². The molecule has 126 valence electrons. The Morgan fingerprint density at radius 2 is 1.46 bits per heavy atom. The van der Waals surface area contributed by atoms with Gasteiger partial charge in [0.15, 0.2) is 5.78 Å². The number of hydrogen-bond acceptors (Lipinski definition) is 4. The molecule has 0 aliphatic carbocycles. The highest BCUT2D eigenvalue weighted by Crippen LogP contribution is 2.14. The molecule has 0 unspecified atom stereocenters. The molecule has 2 rings (SSSR count). The highest BCUT2D eigenvalue weighted by Gasteiger charge is 2.13. The minimum Gasteiger partial charge on any atom is -0.322 e. The summed E-state index contributed by atoms with van der Waals surface area (Å²) in [6.07, 6.45) is 0. The lowest BCUT2D eigenvalue weighted by atomic mass is 10.1. The minimum absolute atomic E-state index is 0.0506. The molecule has 7 heteroatoms. The average Bonchev–Trinajstić information content (AvgIpc) is 2.55. The van der Waals surface area contributed by atoms with Gasteiger partial charge in [0.2, 0.25) is 10.0 Å². The van der Waals surface area contributed by atoms with Crippen molar-refractivity contribution in [2.75, 3.05) is 11.9 Å². The van der Waals surface area contributed by atoms with E-state index in [1.807, 2.05) is 0 Å². The minimum atomic E-state index is -3.54. The van der Waals surface area contributed by atoms with Crippen LogP contribution in [0.4, 0.5) is 5.69 Å². The van der Waals surface area contributed by atoms with Crippen molar-refractivity contribution in [1.29, 1.82) is 0 Å².